The van der Waals surface area contributed by atoms with E-state index < -0.39 is 0 Å². The van der Waals surface area contributed by atoms with Crippen molar-refractivity contribution in [2.24, 2.45) is 0 Å². The first-order valence-electron chi connectivity index (χ1n) is 22.0. The summed E-state index contributed by atoms with van der Waals surface area (Å²) in [5.74, 6) is 1.89. The van der Waals surface area contributed by atoms with Gasteiger partial charge in [-0.25, -0.2) is 9.97 Å². The van der Waals surface area contributed by atoms with Crippen molar-refractivity contribution >= 4 is 67.1 Å². The maximum absolute atomic E-state index is 7.25. The molecule has 12 rings (SSSR count). The number of hydrogen-bond donors (Lipinski definition) is 0. The normalized spacial score (nSPS) is 13.3. The first-order chi connectivity index (χ1) is 29.7. The number of aromatic nitrogens is 4. The molecule has 7 aromatic carbocycles. The van der Waals surface area contributed by atoms with E-state index in [4.69, 9.17) is 14.4 Å². The van der Waals surface area contributed by atoms with Gasteiger partial charge < -0.3 is 4.42 Å². The SMILES string of the molecule is Cc1cccc(C)c1-c1cc2c3c(c1)nc(-c1ccccc1)n3-c1cccc3c1B2c1cc2c4cc(C(C)(C)C)cc(C(C)(C)C)c4oc2c2nc(-c4c(C)cccc4C)n-3c12. The molecule has 0 amide bonds. The second-order valence-corrected chi connectivity index (χ2v) is 20.1. The van der Waals surface area contributed by atoms with Crippen LogP contribution >= 0.6 is 0 Å². The summed E-state index contributed by atoms with van der Waals surface area (Å²) in [4.78, 5) is 11.3. The molecule has 2 aliphatic heterocycles. The molecule has 2 aliphatic rings. The van der Waals surface area contributed by atoms with Crippen molar-refractivity contribution in [2.45, 2.75) is 80.1 Å². The second-order valence-electron chi connectivity index (χ2n) is 20.1. The van der Waals surface area contributed by atoms with E-state index >= 15 is 0 Å². The van der Waals surface area contributed by atoms with E-state index in [1.165, 1.54) is 60.9 Å². The number of rotatable bonds is 3. The number of benzene rings is 7. The predicted molar refractivity (Wildman–Crippen MR) is 260 cm³/mol. The Balaban J connectivity index is 1.29. The Kier molecular flexibility index (Phi) is 7.47. The van der Waals surface area contributed by atoms with Crippen LogP contribution in [0.15, 0.2) is 120 Å². The Morgan fingerprint density at radius 3 is 1.76 bits per heavy atom. The summed E-state index contributed by atoms with van der Waals surface area (Å²) in [5.41, 5.74) is 24.0. The maximum Gasteiger partial charge on any atom is 0.252 e. The number of aryl methyl sites for hydroxylation is 4. The van der Waals surface area contributed by atoms with Gasteiger partial charge in [0.05, 0.1) is 16.6 Å². The van der Waals surface area contributed by atoms with Gasteiger partial charge >= 0.3 is 0 Å². The third kappa shape index (κ3) is 4.98. The zero-order valence-electron chi connectivity index (χ0n) is 37.2. The van der Waals surface area contributed by atoms with Crippen LogP contribution in [0.4, 0.5) is 0 Å². The molecule has 0 saturated heterocycles. The van der Waals surface area contributed by atoms with Crippen molar-refractivity contribution in [3.05, 3.63) is 149 Å². The lowest BCUT2D eigenvalue weighted by Gasteiger charge is -2.34. The van der Waals surface area contributed by atoms with Crippen LogP contribution in [-0.4, -0.2) is 25.8 Å². The molecule has 0 fully saturated rings. The van der Waals surface area contributed by atoms with E-state index in [9.17, 15) is 0 Å². The number of hydrogen-bond acceptors (Lipinski definition) is 3. The molecule has 0 spiro atoms. The highest BCUT2D eigenvalue weighted by Crippen LogP contribution is 2.45. The highest BCUT2D eigenvalue weighted by atomic mass is 16.3. The fourth-order valence-electron chi connectivity index (χ4n) is 11.0. The molecule has 302 valence electrons. The molecule has 62 heavy (non-hydrogen) atoms. The average molecular weight is 805 g/mol. The van der Waals surface area contributed by atoms with Gasteiger partial charge in [-0.1, -0.05) is 133 Å². The van der Waals surface area contributed by atoms with Gasteiger partial charge in [-0.2, -0.15) is 0 Å². The first kappa shape index (κ1) is 37.1. The highest BCUT2D eigenvalue weighted by Gasteiger charge is 2.43. The number of nitrogens with zero attached hydrogens (tertiary/aromatic N) is 4. The fourth-order valence-corrected chi connectivity index (χ4v) is 11.0. The molecule has 0 saturated carbocycles. The van der Waals surface area contributed by atoms with Crippen molar-refractivity contribution in [1.29, 1.82) is 0 Å². The van der Waals surface area contributed by atoms with E-state index in [-0.39, 0.29) is 17.5 Å². The zero-order chi connectivity index (χ0) is 42.7. The Labute approximate surface area is 363 Å². The van der Waals surface area contributed by atoms with Gasteiger partial charge in [-0.05, 0) is 118 Å². The first-order valence-corrected chi connectivity index (χ1v) is 22.0. The molecule has 10 aromatic rings. The van der Waals surface area contributed by atoms with Gasteiger partial charge in [0.1, 0.15) is 22.7 Å². The van der Waals surface area contributed by atoms with Gasteiger partial charge in [0.25, 0.3) is 6.71 Å². The van der Waals surface area contributed by atoms with Crippen molar-refractivity contribution in [2.75, 3.05) is 0 Å². The fraction of sp³-hybridized carbons (Fsp3) is 0.214. The number of imidazole rings is 2. The number of furan rings is 1. The predicted octanol–water partition coefficient (Wildman–Crippen LogP) is 12.2. The molecule has 0 N–H and O–H groups in total. The minimum Gasteiger partial charge on any atom is -0.453 e. The lowest BCUT2D eigenvalue weighted by atomic mass is 9.34. The zero-order valence-corrected chi connectivity index (χ0v) is 37.2. The van der Waals surface area contributed by atoms with Crippen LogP contribution in [0, 0.1) is 27.7 Å². The molecule has 0 radical (unpaired) electrons. The quantitative estimate of drug-likeness (QED) is 0.167. The lowest BCUT2D eigenvalue weighted by molar-refractivity contribution is 0.559. The summed E-state index contributed by atoms with van der Waals surface area (Å²) in [6.07, 6.45) is 0. The largest absolute Gasteiger partial charge is 0.453 e. The Bertz CT molecular complexity index is 3550. The van der Waals surface area contributed by atoms with Crippen LogP contribution in [0.25, 0.3) is 89.3 Å². The summed E-state index contributed by atoms with van der Waals surface area (Å²) < 4.78 is 12.2. The van der Waals surface area contributed by atoms with E-state index in [0.29, 0.717) is 0 Å². The Morgan fingerprint density at radius 1 is 0.516 bits per heavy atom. The molecule has 0 bridgehead atoms. The summed E-state index contributed by atoms with van der Waals surface area (Å²) in [6, 6.07) is 42.7. The van der Waals surface area contributed by atoms with Gasteiger partial charge in [0.15, 0.2) is 5.58 Å². The van der Waals surface area contributed by atoms with Crippen LogP contribution in [0.3, 0.4) is 0 Å². The lowest BCUT2D eigenvalue weighted by Crippen LogP contribution is -2.59. The summed E-state index contributed by atoms with van der Waals surface area (Å²) in [5, 5.41) is 2.27. The maximum atomic E-state index is 7.25. The molecular weight excluding hydrogens is 755 g/mol. The van der Waals surface area contributed by atoms with Crippen LogP contribution in [-0.2, 0) is 10.8 Å². The van der Waals surface area contributed by atoms with Gasteiger partial charge in [0, 0.05) is 38.8 Å². The molecule has 0 atom stereocenters. The molecule has 0 aliphatic carbocycles. The summed E-state index contributed by atoms with van der Waals surface area (Å²) >= 11 is 0. The number of fused-ring (bicyclic) bond motifs is 8. The molecule has 0 unspecified atom stereocenters. The van der Waals surface area contributed by atoms with E-state index in [0.717, 1.165) is 78.2 Å². The molecule has 3 aromatic heterocycles. The minimum absolute atomic E-state index is 0.0565. The van der Waals surface area contributed by atoms with Crippen molar-refractivity contribution < 1.29 is 4.42 Å². The summed E-state index contributed by atoms with van der Waals surface area (Å²) in [6.45, 7) is 22.6. The van der Waals surface area contributed by atoms with E-state index in [1.807, 2.05) is 0 Å². The minimum atomic E-state index is -0.144. The Hall–Kier alpha value is -6.66. The topological polar surface area (TPSA) is 48.8 Å². The van der Waals surface area contributed by atoms with Crippen LogP contribution in [0.5, 0.6) is 0 Å². The smallest absolute Gasteiger partial charge is 0.252 e. The van der Waals surface area contributed by atoms with E-state index in [2.05, 4.69) is 194 Å². The van der Waals surface area contributed by atoms with Crippen molar-refractivity contribution in [3.63, 3.8) is 0 Å². The molecule has 6 heteroatoms. The van der Waals surface area contributed by atoms with E-state index in [1.54, 1.807) is 0 Å². The highest BCUT2D eigenvalue weighted by molar-refractivity contribution is 7.00. The second kappa shape index (κ2) is 12.5. The third-order valence-electron chi connectivity index (χ3n) is 13.9. The van der Waals surface area contributed by atoms with Crippen LogP contribution in [0.1, 0.15) is 74.9 Å². The van der Waals surface area contributed by atoms with Crippen LogP contribution < -0.4 is 16.4 Å². The van der Waals surface area contributed by atoms with Gasteiger partial charge in [-0.15, -0.1) is 0 Å². The van der Waals surface area contributed by atoms with Crippen LogP contribution in [0.2, 0.25) is 0 Å². The molecule has 5 nitrogen and oxygen atoms in total. The third-order valence-corrected chi connectivity index (χ3v) is 13.9. The monoisotopic (exact) mass is 804 g/mol. The standard InChI is InChI=1S/C56H49BN4O/c1-30-17-14-18-31(2)45(30)35-25-40-49-42(26-35)58-53(34-21-12-11-13-22-34)60(49)43-23-16-24-44-47(43)57(40)41-29-38-37-27-36(55(5,6)7)28-39(56(8,9)10)51(37)62-52(38)48-50(41)61(44)54(59-48)46-32(3)19-15-20-33(46)4/h11-29H,1-10H3. The Morgan fingerprint density at radius 2 is 1.11 bits per heavy atom. The average Bonchev–Trinajstić information content (AvgIpc) is 3.93. The summed E-state index contributed by atoms with van der Waals surface area (Å²) in [7, 11) is 0. The van der Waals surface area contributed by atoms with Crippen molar-refractivity contribution in [1.82, 2.24) is 19.1 Å². The molecule has 5 heterocycles. The van der Waals surface area contributed by atoms with Crippen molar-refractivity contribution in [3.8, 4) is 45.3 Å². The van der Waals surface area contributed by atoms with Gasteiger partial charge in [-0.3, -0.25) is 9.13 Å². The molecular formula is C56H49BN4O. The van der Waals surface area contributed by atoms with Gasteiger partial charge in [0.2, 0.25) is 0 Å².